The van der Waals surface area contributed by atoms with Gasteiger partial charge in [-0.15, -0.1) is 0 Å². The van der Waals surface area contributed by atoms with Gasteiger partial charge in [0.15, 0.2) is 0 Å². The van der Waals surface area contributed by atoms with E-state index in [2.05, 4.69) is 27.7 Å². The maximum absolute atomic E-state index is 11.5. The molecule has 0 aromatic heterocycles. The van der Waals surface area contributed by atoms with Crippen LogP contribution in [-0.4, -0.2) is 22.8 Å². The average molecular weight is 475 g/mol. The van der Waals surface area contributed by atoms with Crippen LogP contribution in [-0.2, 0) is 9.53 Å². The summed E-state index contributed by atoms with van der Waals surface area (Å²) in [6.45, 7) is 15.6. The van der Waals surface area contributed by atoms with Gasteiger partial charge in [0.1, 0.15) is 6.10 Å². The summed E-state index contributed by atoms with van der Waals surface area (Å²) in [5.74, 6) is 5.33. The highest BCUT2D eigenvalue weighted by Gasteiger charge is 2.60. The van der Waals surface area contributed by atoms with Crippen LogP contribution >= 0.6 is 0 Å². The number of hydrogen-bond donors (Lipinski definition) is 1. The number of carbonyl (C=O) groups excluding carboxylic acids is 1. The molecule has 0 spiro atoms. The van der Waals surface area contributed by atoms with Gasteiger partial charge in [0.05, 0.1) is 5.60 Å². The van der Waals surface area contributed by atoms with Crippen LogP contribution in [0.5, 0.6) is 0 Å². The summed E-state index contributed by atoms with van der Waals surface area (Å²) >= 11 is 0. The molecule has 0 aromatic rings. The summed E-state index contributed by atoms with van der Waals surface area (Å²) in [6, 6.07) is 0. The predicted molar refractivity (Wildman–Crippen MR) is 139 cm³/mol. The van der Waals surface area contributed by atoms with Crippen molar-refractivity contribution < 1.29 is 14.6 Å². The van der Waals surface area contributed by atoms with E-state index in [1.54, 1.807) is 6.92 Å². The van der Waals surface area contributed by atoms with Gasteiger partial charge in [-0.3, -0.25) is 4.79 Å². The molecule has 196 valence electrons. The number of carbonyl (C=O) groups is 1. The topological polar surface area (TPSA) is 46.5 Å². The Kier molecular flexibility index (Phi) is 7.57. The number of fused-ring (bicyclic) bond motifs is 5. The van der Waals surface area contributed by atoms with Crippen LogP contribution in [0.25, 0.3) is 0 Å². The van der Waals surface area contributed by atoms with Crippen molar-refractivity contribution in [2.45, 2.75) is 137 Å². The Bertz CT molecular complexity index is 725. The highest BCUT2D eigenvalue weighted by Crippen LogP contribution is 2.68. The molecule has 0 saturated heterocycles. The third kappa shape index (κ3) is 4.73. The van der Waals surface area contributed by atoms with E-state index in [4.69, 9.17) is 4.74 Å². The molecule has 0 radical (unpaired) electrons. The fraction of sp³-hybridized carbons (Fsp3) is 0.968. The number of esters is 1. The minimum Gasteiger partial charge on any atom is -0.463 e. The van der Waals surface area contributed by atoms with Gasteiger partial charge in [-0.05, 0) is 130 Å². The zero-order chi connectivity index (χ0) is 24.9. The van der Waals surface area contributed by atoms with Gasteiger partial charge in [0, 0.05) is 6.92 Å². The SMILES string of the molecule is CC[C@H](CC[C@@H](C)[C@H]1CC[C@H]2[C@@H]3CC[C@H]4C[C@@H](OC(C)=O)CC[C@]4(C)[C@H]3CC[C@]12C)C(C)(C)O. The van der Waals surface area contributed by atoms with E-state index < -0.39 is 5.60 Å². The number of rotatable bonds is 7. The first-order valence-electron chi connectivity index (χ1n) is 14.8. The van der Waals surface area contributed by atoms with E-state index in [0.29, 0.717) is 16.7 Å². The fourth-order valence-electron chi connectivity index (χ4n) is 10.3. The number of ether oxygens (including phenoxy) is 1. The Balaban J connectivity index is 1.42. The zero-order valence-corrected chi connectivity index (χ0v) is 23.4. The predicted octanol–water partition coefficient (Wildman–Crippen LogP) is 7.79. The van der Waals surface area contributed by atoms with Crippen LogP contribution in [0.2, 0.25) is 0 Å². The normalized spacial score (nSPS) is 43.9. The Labute approximate surface area is 210 Å². The molecule has 1 N–H and O–H groups in total. The Morgan fingerprint density at radius 3 is 2.32 bits per heavy atom. The summed E-state index contributed by atoms with van der Waals surface area (Å²) in [7, 11) is 0. The van der Waals surface area contributed by atoms with E-state index in [-0.39, 0.29) is 12.1 Å². The minimum absolute atomic E-state index is 0.102. The second-order valence-electron chi connectivity index (χ2n) is 14.2. The molecule has 10 atom stereocenters. The molecule has 0 bridgehead atoms. The average Bonchev–Trinajstić information content (AvgIpc) is 3.10. The summed E-state index contributed by atoms with van der Waals surface area (Å²) in [5, 5.41) is 10.6. The summed E-state index contributed by atoms with van der Waals surface area (Å²) in [5.41, 5.74) is 0.401. The third-order valence-electron chi connectivity index (χ3n) is 12.2. The van der Waals surface area contributed by atoms with Crippen molar-refractivity contribution in [1.82, 2.24) is 0 Å². The molecule has 4 saturated carbocycles. The molecule has 0 heterocycles. The Morgan fingerprint density at radius 2 is 1.68 bits per heavy atom. The quantitative estimate of drug-likeness (QED) is 0.383. The van der Waals surface area contributed by atoms with E-state index in [1.165, 1.54) is 51.4 Å². The molecular weight excluding hydrogens is 420 g/mol. The van der Waals surface area contributed by atoms with E-state index in [0.717, 1.165) is 61.2 Å². The van der Waals surface area contributed by atoms with Gasteiger partial charge in [-0.1, -0.05) is 40.5 Å². The maximum atomic E-state index is 11.5. The Morgan fingerprint density at radius 1 is 1.00 bits per heavy atom. The highest BCUT2D eigenvalue weighted by molar-refractivity contribution is 5.66. The van der Waals surface area contributed by atoms with Crippen LogP contribution in [0.3, 0.4) is 0 Å². The molecule has 4 aliphatic rings. The van der Waals surface area contributed by atoms with Gasteiger partial charge in [-0.2, -0.15) is 0 Å². The van der Waals surface area contributed by atoms with Crippen molar-refractivity contribution in [3.05, 3.63) is 0 Å². The van der Waals surface area contributed by atoms with Crippen molar-refractivity contribution in [1.29, 1.82) is 0 Å². The van der Waals surface area contributed by atoms with Gasteiger partial charge in [0.2, 0.25) is 0 Å². The Hall–Kier alpha value is -0.570. The smallest absolute Gasteiger partial charge is 0.302 e. The lowest BCUT2D eigenvalue weighted by atomic mass is 9.44. The van der Waals surface area contributed by atoms with Crippen molar-refractivity contribution in [3.63, 3.8) is 0 Å². The molecule has 34 heavy (non-hydrogen) atoms. The second kappa shape index (κ2) is 9.71. The van der Waals surface area contributed by atoms with E-state index in [9.17, 15) is 9.90 Å². The molecule has 4 fully saturated rings. The first-order valence-corrected chi connectivity index (χ1v) is 14.8. The summed E-state index contributed by atoms with van der Waals surface area (Å²) in [4.78, 5) is 11.5. The monoisotopic (exact) mass is 474 g/mol. The molecule has 3 nitrogen and oxygen atoms in total. The van der Waals surface area contributed by atoms with E-state index >= 15 is 0 Å². The first kappa shape index (κ1) is 26.5. The van der Waals surface area contributed by atoms with Crippen molar-refractivity contribution in [3.8, 4) is 0 Å². The molecule has 4 rings (SSSR count). The van der Waals surface area contributed by atoms with E-state index in [1.807, 2.05) is 13.8 Å². The van der Waals surface area contributed by atoms with Crippen LogP contribution in [0, 0.1) is 52.3 Å². The van der Waals surface area contributed by atoms with Crippen LogP contribution in [0.15, 0.2) is 0 Å². The third-order valence-corrected chi connectivity index (χ3v) is 12.2. The van der Waals surface area contributed by atoms with Crippen molar-refractivity contribution in [2.24, 2.45) is 52.3 Å². The summed E-state index contributed by atoms with van der Waals surface area (Å²) < 4.78 is 5.66. The fourth-order valence-corrected chi connectivity index (χ4v) is 10.3. The molecule has 3 heteroatoms. The van der Waals surface area contributed by atoms with Crippen LogP contribution < -0.4 is 0 Å². The standard InChI is InChI=1S/C31H54O3/c1-8-22(29(4,5)33)10-9-20(2)26-13-14-27-25-12-11-23-19-24(34-21(3)32)15-17-30(23,6)28(25)16-18-31(26,27)7/h20,22-28,33H,8-19H2,1-7H3/t20-,22-,23+,24+,25+,26-,27+,28+,30+,31-/m1/s1. The number of aliphatic hydroxyl groups is 1. The molecule has 0 aromatic carbocycles. The lowest BCUT2D eigenvalue weighted by Gasteiger charge is -2.61. The van der Waals surface area contributed by atoms with Gasteiger partial charge >= 0.3 is 5.97 Å². The van der Waals surface area contributed by atoms with Gasteiger partial charge in [0.25, 0.3) is 0 Å². The van der Waals surface area contributed by atoms with Gasteiger partial charge < -0.3 is 9.84 Å². The summed E-state index contributed by atoms with van der Waals surface area (Å²) in [6.07, 6.45) is 15.5. The second-order valence-corrected chi connectivity index (χ2v) is 14.2. The van der Waals surface area contributed by atoms with Crippen molar-refractivity contribution >= 4 is 5.97 Å². The molecule has 0 amide bonds. The van der Waals surface area contributed by atoms with Gasteiger partial charge in [-0.25, -0.2) is 0 Å². The lowest BCUT2D eigenvalue weighted by Crippen LogP contribution is -2.54. The molecule has 0 aliphatic heterocycles. The molecule has 0 unspecified atom stereocenters. The van der Waals surface area contributed by atoms with Crippen molar-refractivity contribution in [2.75, 3.05) is 0 Å². The van der Waals surface area contributed by atoms with Crippen LogP contribution in [0.4, 0.5) is 0 Å². The molecular formula is C31H54O3. The zero-order valence-electron chi connectivity index (χ0n) is 23.4. The highest BCUT2D eigenvalue weighted by atomic mass is 16.5. The number of hydrogen-bond acceptors (Lipinski definition) is 3. The largest absolute Gasteiger partial charge is 0.463 e. The minimum atomic E-state index is -0.558. The first-order chi connectivity index (χ1) is 15.9. The maximum Gasteiger partial charge on any atom is 0.302 e. The van der Waals surface area contributed by atoms with Crippen LogP contribution in [0.1, 0.15) is 126 Å². The molecule has 4 aliphatic carbocycles. The lowest BCUT2D eigenvalue weighted by molar-refractivity contribution is -0.160.